The average Bonchev–Trinajstić information content (AvgIpc) is 2.42. The Kier molecular flexibility index (Phi) is 7.69. The zero-order valence-electron chi connectivity index (χ0n) is 12.4. The van der Waals surface area contributed by atoms with Crippen LogP contribution in [0.2, 0.25) is 0 Å². The summed E-state index contributed by atoms with van der Waals surface area (Å²) in [7, 11) is 3.77. The number of nitrogen functional groups attached to an aromatic ring is 1. The van der Waals surface area contributed by atoms with E-state index < -0.39 is 0 Å². The zero-order chi connectivity index (χ0) is 14.8. The Labute approximate surface area is 121 Å². The summed E-state index contributed by atoms with van der Waals surface area (Å²) < 4.78 is 5.01. The van der Waals surface area contributed by atoms with E-state index in [1.165, 1.54) is 0 Å². The van der Waals surface area contributed by atoms with E-state index in [-0.39, 0.29) is 5.91 Å². The van der Waals surface area contributed by atoms with E-state index in [2.05, 4.69) is 17.3 Å². The van der Waals surface area contributed by atoms with Crippen molar-refractivity contribution >= 4 is 17.3 Å². The number of carbonyl (C=O) groups is 1. The van der Waals surface area contributed by atoms with Crippen molar-refractivity contribution in [3.05, 3.63) is 24.3 Å². The maximum atomic E-state index is 11.8. The second-order valence-electron chi connectivity index (χ2n) is 4.89. The second kappa shape index (κ2) is 9.34. The van der Waals surface area contributed by atoms with Crippen LogP contribution in [0.15, 0.2) is 24.3 Å². The topological polar surface area (TPSA) is 67.6 Å². The van der Waals surface area contributed by atoms with E-state index >= 15 is 0 Å². The first-order valence-corrected chi connectivity index (χ1v) is 6.95. The highest BCUT2D eigenvalue weighted by Crippen LogP contribution is 2.16. The van der Waals surface area contributed by atoms with E-state index in [1.807, 2.05) is 18.2 Å². The highest BCUT2D eigenvalue weighted by atomic mass is 16.5. The van der Waals surface area contributed by atoms with Crippen LogP contribution in [0.3, 0.4) is 0 Å². The minimum Gasteiger partial charge on any atom is -0.397 e. The molecule has 3 N–H and O–H groups in total. The normalized spacial score (nSPS) is 10.8. The highest BCUT2D eigenvalue weighted by molar-refractivity contribution is 5.93. The summed E-state index contributed by atoms with van der Waals surface area (Å²) >= 11 is 0. The van der Waals surface area contributed by atoms with Crippen molar-refractivity contribution in [2.45, 2.75) is 19.3 Å². The van der Waals surface area contributed by atoms with Gasteiger partial charge >= 0.3 is 0 Å². The van der Waals surface area contributed by atoms with Crippen LogP contribution in [0.25, 0.3) is 0 Å². The maximum absolute atomic E-state index is 11.8. The Morgan fingerprint density at radius 2 is 2.00 bits per heavy atom. The Hall–Kier alpha value is -1.59. The molecule has 1 amide bonds. The first kappa shape index (κ1) is 16.5. The summed E-state index contributed by atoms with van der Waals surface area (Å²) in [5.41, 5.74) is 7.06. The lowest BCUT2D eigenvalue weighted by atomic mass is 10.2. The fourth-order valence-corrected chi connectivity index (χ4v) is 1.92. The van der Waals surface area contributed by atoms with Gasteiger partial charge in [-0.25, -0.2) is 0 Å². The number of carbonyl (C=O) groups excluding carboxylic acids is 1. The molecule has 0 bridgehead atoms. The summed E-state index contributed by atoms with van der Waals surface area (Å²) in [5.74, 6) is 0.00758. The number of nitrogens with zero attached hydrogens (tertiary/aromatic N) is 1. The SMILES string of the molecule is COCCCN(C)CCCC(=O)Nc1ccccc1N. The molecule has 0 atom stereocenters. The number of nitrogens with one attached hydrogen (secondary N) is 1. The van der Waals surface area contributed by atoms with Crippen LogP contribution < -0.4 is 11.1 Å². The van der Waals surface area contributed by atoms with Gasteiger partial charge in [-0.1, -0.05) is 12.1 Å². The summed E-state index contributed by atoms with van der Waals surface area (Å²) in [6.07, 6.45) is 2.35. The smallest absolute Gasteiger partial charge is 0.224 e. The number of para-hydroxylation sites is 2. The Morgan fingerprint density at radius 3 is 2.70 bits per heavy atom. The lowest BCUT2D eigenvalue weighted by Gasteiger charge is -2.16. The number of amides is 1. The van der Waals surface area contributed by atoms with Gasteiger partial charge in [-0.3, -0.25) is 4.79 Å². The van der Waals surface area contributed by atoms with Crippen molar-refractivity contribution in [3.8, 4) is 0 Å². The largest absolute Gasteiger partial charge is 0.397 e. The Morgan fingerprint density at radius 1 is 1.30 bits per heavy atom. The molecule has 0 fully saturated rings. The van der Waals surface area contributed by atoms with Gasteiger partial charge in [0.25, 0.3) is 0 Å². The number of rotatable bonds is 9. The number of nitrogens with two attached hydrogens (primary N) is 1. The van der Waals surface area contributed by atoms with Gasteiger partial charge in [-0.15, -0.1) is 0 Å². The average molecular weight is 279 g/mol. The number of benzene rings is 1. The molecule has 112 valence electrons. The minimum atomic E-state index is 0.00758. The van der Waals surface area contributed by atoms with Gasteiger partial charge < -0.3 is 20.7 Å². The van der Waals surface area contributed by atoms with Gasteiger partial charge in [0, 0.05) is 26.7 Å². The molecule has 0 spiro atoms. The fourth-order valence-electron chi connectivity index (χ4n) is 1.92. The Balaban J connectivity index is 2.19. The van der Waals surface area contributed by atoms with Crippen molar-refractivity contribution in [1.29, 1.82) is 0 Å². The summed E-state index contributed by atoms with van der Waals surface area (Å²) in [6.45, 7) is 2.67. The standard InChI is InChI=1S/C15H25N3O2/c1-18(11-6-12-20-2)10-5-9-15(19)17-14-8-4-3-7-13(14)16/h3-4,7-8H,5-6,9-12,16H2,1-2H3,(H,17,19). The lowest BCUT2D eigenvalue weighted by Crippen LogP contribution is -2.23. The lowest BCUT2D eigenvalue weighted by molar-refractivity contribution is -0.116. The van der Waals surface area contributed by atoms with E-state index in [1.54, 1.807) is 13.2 Å². The first-order chi connectivity index (χ1) is 9.63. The quantitative estimate of drug-likeness (QED) is 0.535. The number of hydrogen-bond acceptors (Lipinski definition) is 4. The number of hydrogen-bond donors (Lipinski definition) is 2. The van der Waals surface area contributed by atoms with E-state index in [4.69, 9.17) is 10.5 Å². The Bertz CT molecular complexity index is 410. The summed E-state index contributed by atoms with van der Waals surface area (Å²) in [5, 5.41) is 2.83. The molecule has 0 radical (unpaired) electrons. The number of ether oxygens (including phenoxy) is 1. The van der Waals surface area contributed by atoms with Gasteiger partial charge in [0.1, 0.15) is 0 Å². The minimum absolute atomic E-state index is 0.00758. The molecular weight excluding hydrogens is 254 g/mol. The molecule has 1 aromatic rings. The third-order valence-electron chi connectivity index (χ3n) is 3.07. The molecule has 0 aliphatic rings. The van der Waals surface area contributed by atoms with Gasteiger partial charge in [0.05, 0.1) is 11.4 Å². The molecule has 20 heavy (non-hydrogen) atoms. The summed E-state index contributed by atoms with van der Waals surface area (Å²) in [4.78, 5) is 14.0. The predicted octanol–water partition coefficient (Wildman–Crippen LogP) is 1.96. The molecule has 5 heteroatoms. The maximum Gasteiger partial charge on any atom is 0.224 e. The monoisotopic (exact) mass is 279 g/mol. The van der Waals surface area contributed by atoms with Gasteiger partial charge in [-0.05, 0) is 38.6 Å². The number of anilines is 2. The van der Waals surface area contributed by atoms with E-state index in [0.29, 0.717) is 17.8 Å². The molecule has 1 aromatic carbocycles. The third-order valence-corrected chi connectivity index (χ3v) is 3.07. The van der Waals surface area contributed by atoms with Gasteiger partial charge in [0.15, 0.2) is 0 Å². The van der Waals surface area contributed by atoms with E-state index in [9.17, 15) is 4.79 Å². The summed E-state index contributed by atoms with van der Waals surface area (Å²) in [6, 6.07) is 7.29. The van der Waals surface area contributed by atoms with Crippen LogP contribution in [-0.2, 0) is 9.53 Å². The zero-order valence-corrected chi connectivity index (χ0v) is 12.4. The third kappa shape index (κ3) is 6.54. The van der Waals surface area contributed by atoms with Crippen LogP contribution in [0, 0.1) is 0 Å². The predicted molar refractivity (Wildman–Crippen MR) is 82.7 cm³/mol. The first-order valence-electron chi connectivity index (χ1n) is 6.95. The molecule has 0 unspecified atom stereocenters. The van der Waals surface area contributed by atoms with Crippen LogP contribution >= 0.6 is 0 Å². The molecule has 0 aliphatic carbocycles. The van der Waals surface area contributed by atoms with Crippen molar-refractivity contribution in [1.82, 2.24) is 4.90 Å². The molecule has 5 nitrogen and oxygen atoms in total. The molecular formula is C15H25N3O2. The highest BCUT2D eigenvalue weighted by Gasteiger charge is 2.05. The van der Waals surface area contributed by atoms with Gasteiger partial charge in [0.2, 0.25) is 5.91 Å². The molecule has 0 aromatic heterocycles. The molecule has 0 saturated heterocycles. The van der Waals surface area contributed by atoms with Crippen molar-refractivity contribution < 1.29 is 9.53 Å². The van der Waals surface area contributed by atoms with Crippen LogP contribution in [0.5, 0.6) is 0 Å². The van der Waals surface area contributed by atoms with E-state index in [0.717, 1.165) is 32.5 Å². The van der Waals surface area contributed by atoms with Crippen LogP contribution in [-0.4, -0.2) is 44.7 Å². The molecule has 0 aliphatic heterocycles. The van der Waals surface area contributed by atoms with Crippen molar-refractivity contribution in [3.63, 3.8) is 0 Å². The van der Waals surface area contributed by atoms with Crippen molar-refractivity contribution in [2.24, 2.45) is 0 Å². The fraction of sp³-hybridized carbons (Fsp3) is 0.533. The van der Waals surface area contributed by atoms with Crippen LogP contribution in [0.4, 0.5) is 11.4 Å². The van der Waals surface area contributed by atoms with Crippen LogP contribution in [0.1, 0.15) is 19.3 Å². The molecule has 0 saturated carbocycles. The second-order valence-corrected chi connectivity index (χ2v) is 4.89. The molecule has 0 heterocycles. The molecule has 1 rings (SSSR count). The van der Waals surface area contributed by atoms with Crippen molar-refractivity contribution in [2.75, 3.05) is 44.9 Å². The number of methoxy groups -OCH3 is 1. The van der Waals surface area contributed by atoms with Gasteiger partial charge in [-0.2, -0.15) is 0 Å².